The van der Waals surface area contributed by atoms with Gasteiger partial charge in [-0.3, -0.25) is 0 Å². The maximum Gasteiger partial charge on any atom is 0.380 e. The smallest absolute Gasteiger partial charge is 0.380 e. The average molecular weight is 415 g/mol. The van der Waals surface area contributed by atoms with Crippen molar-refractivity contribution in [1.82, 2.24) is 0 Å². The van der Waals surface area contributed by atoms with Gasteiger partial charge in [-0.2, -0.15) is 0 Å². The van der Waals surface area contributed by atoms with Crippen molar-refractivity contribution in [1.29, 1.82) is 0 Å². The molecule has 0 saturated heterocycles. The zero-order chi connectivity index (χ0) is 18.3. The summed E-state index contributed by atoms with van der Waals surface area (Å²) in [7, 11) is 1.53. The standard InChI is InChI=1S/C19H11BrO6/c1-23-11-5-6-13-15(8-11)26-19(22)18(17(13)20)24-12-4-2-10-3-7-16(21)25-14(10)9-12/h2-9H,1H3. The summed E-state index contributed by atoms with van der Waals surface area (Å²) in [6, 6.07) is 13.1. The molecule has 0 radical (unpaired) electrons. The minimum Gasteiger partial charge on any atom is -0.497 e. The molecular weight excluding hydrogens is 404 g/mol. The van der Waals surface area contributed by atoms with Crippen LogP contribution in [0.1, 0.15) is 0 Å². The SMILES string of the molecule is COc1ccc2c(Br)c(Oc3ccc4ccc(=O)oc4c3)c(=O)oc2c1. The summed E-state index contributed by atoms with van der Waals surface area (Å²) in [4.78, 5) is 23.7. The second-order valence-electron chi connectivity index (χ2n) is 5.45. The predicted molar refractivity (Wildman–Crippen MR) is 99.3 cm³/mol. The molecule has 0 aliphatic carbocycles. The van der Waals surface area contributed by atoms with Crippen molar-refractivity contribution in [3.63, 3.8) is 0 Å². The first-order valence-electron chi connectivity index (χ1n) is 7.57. The van der Waals surface area contributed by atoms with E-state index < -0.39 is 11.3 Å². The molecule has 2 aromatic carbocycles. The van der Waals surface area contributed by atoms with Gasteiger partial charge in [-0.15, -0.1) is 0 Å². The van der Waals surface area contributed by atoms with Crippen LogP contribution in [0.4, 0.5) is 0 Å². The second-order valence-corrected chi connectivity index (χ2v) is 6.24. The van der Waals surface area contributed by atoms with Gasteiger partial charge in [-0.05, 0) is 46.3 Å². The van der Waals surface area contributed by atoms with Gasteiger partial charge in [-0.25, -0.2) is 9.59 Å². The van der Waals surface area contributed by atoms with Gasteiger partial charge in [0.15, 0.2) is 0 Å². The van der Waals surface area contributed by atoms with Crippen LogP contribution >= 0.6 is 15.9 Å². The molecule has 4 aromatic rings. The van der Waals surface area contributed by atoms with Crippen molar-refractivity contribution >= 4 is 37.9 Å². The van der Waals surface area contributed by atoms with Crippen molar-refractivity contribution in [3.8, 4) is 17.2 Å². The monoisotopic (exact) mass is 414 g/mol. The highest BCUT2D eigenvalue weighted by atomic mass is 79.9. The Kier molecular flexibility index (Phi) is 4.00. The lowest BCUT2D eigenvalue weighted by molar-refractivity contribution is 0.412. The van der Waals surface area contributed by atoms with Crippen LogP contribution in [-0.2, 0) is 0 Å². The number of methoxy groups -OCH3 is 1. The van der Waals surface area contributed by atoms with Crippen LogP contribution in [0.5, 0.6) is 17.2 Å². The molecule has 7 heteroatoms. The molecule has 2 aromatic heterocycles. The molecule has 0 amide bonds. The highest BCUT2D eigenvalue weighted by Gasteiger charge is 2.16. The van der Waals surface area contributed by atoms with Crippen molar-refractivity contribution in [2.45, 2.75) is 0 Å². The zero-order valence-corrected chi connectivity index (χ0v) is 15.0. The molecule has 0 N–H and O–H groups in total. The maximum absolute atomic E-state index is 12.3. The Morgan fingerprint density at radius 1 is 0.885 bits per heavy atom. The zero-order valence-electron chi connectivity index (χ0n) is 13.4. The minimum absolute atomic E-state index is 0.000273. The van der Waals surface area contributed by atoms with Gasteiger partial charge >= 0.3 is 11.3 Å². The predicted octanol–water partition coefficient (Wildman–Crippen LogP) is 4.46. The normalized spacial score (nSPS) is 11.0. The van der Waals surface area contributed by atoms with E-state index in [4.69, 9.17) is 18.3 Å². The number of rotatable bonds is 3. The number of ether oxygens (including phenoxy) is 2. The van der Waals surface area contributed by atoms with Gasteiger partial charge in [0.25, 0.3) is 0 Å². The summed E-state index contributed by atoms with van der Waals surface area (Å²) in [5.41, 5.74) is -0.374. The lowest BCUT2D eigenvalue weighted by Gasteiger charge is -2.09. The van der Waals surface area contributed by atoms with E-state index in [2.05, 4.69) is 15.9 Å². The molecule has 26 heavy (non-hydrogen) atoms. The maximum atomic E-state index is 12.3. The quantitative estimate of drug-likeness (QED) is 0.460. The molecule has 4 rings (SSSR count). The van der Waals surface area contributed by atoms with Crippen molar-refractivity contribution in [2.24, 2.45) is 0 Å². The molecule has 0 saturated carbocycles. The third kappa shape index (κ3) is 2.86. The van der Waals surface area contributed by atoms with Crippen molar-refractivity contribution in [3.05, 3.63) is 73.8 Å². The Morgan fingerprint density at radius 2 is 1.62 bits per heavy atom. The van der Waals surface area contributed by atoms with E-state index in [1.165, 1.54) is 13.2 Å². The van der Waals surface area contributed by atoms with Crippen LogP contribution in [0, 0.1) is 0 Å². The molecule has 0 atom stereocenters. The summed E-state index contributed by atoms with van der Waals surface area (Å²) in [5.74, 6) is 0.916. The molecule has 130 valence electrons. The molecule has 0 fully saturated rings. The van der Waals surface area contributed by atoms with E-state index in [1.54, 1.807) is 42.5 Å². The van der Waals surface area contributed by atoms with Crippen molar-refractivity contribution < 1.29 is 18.3 Å². The van der Waals surface area contributed by atoms with Gasteiger partial charge in [0.1, 0.15) is 22.7 Å². The van der Waals surface area contributed by atoms with E-state index in [0.717, 1.165) is 5.39 Å². The first-order chi connectivity index (χ1) is 12.5. The van der Waals surface area contributed by atoms with Crippen LogP contribution < -0.4 is 20.7 Å². The summed E-state index contributed by atoms with van der Waals surface area (Å²) >= 11 is 3.40. The van der Waals surface area contributed by atoms with Crippen LogP contribution in [0.25, 0.3) is 21.9 Å². The number of hydrogen-bond acceptors (Lipinski definition) is 6. The van der Waals surface area contributed by atoms with E-state index in [-0.39, 0.29) is 5.75 Å². The number of hydrogen-bond donors (Lipinski definition) is 0. The number of fused-ring (bicyclic) bond motifs is 2. The molecule has 0 aliphatic heterocycles. The van der Waals surface area contributed by atoms with Gasteiger partial charge < -0.3 is 18.3 Å². The first kappa shape index (κ1) is 16.4. The molecule has 0 spiro atoms. The van der Waals surface area contributed by atoms with Crippen LogP contribution in [0.3, 0.4) is 0 Å². The Balaban J connectivity index is 1.82. The lowest BCUT2D eigenvalue weighted by Crippen LogP contribution is -2.05. The summed E-state index contributed by atoms with van der Waals surface area (Å²) in [6.45, 7) is 0. The molecule has 0 unspecified atom stereocenters. The van der Waals surface area contributed by atoms with Crippen LogP contribution in [-0.4, -0.2) is 7.11 Å². The second kappa shape index (κ2) is 6.34. The van der Waals surface area contributed by atoms with E-state index in [9.17, 15) is 9.59 Å². The largest absolute Gasteiger partial charge is 0.497 e. The van der Waals surface area contributed by atoms with Crippen LogP contribution in [0.15, 0.2) is 71.4 Å². The van der Waals surface area contributed by atoms with Gasteiger partial charge in [-0.1, -0.05) is 0 Å². The molecule has 6 nitrogen and oxygen atoms in total. The third-order valence-electron chi connectivity index (χ3n) is 3.83. The molecule has 2 heterocycles. The van der Waals surface area contributed by atoms with Crippen LogP contribution in [0.2, 0.25) is 0 Å². The van der Waals surface area contributed by atoms with Gasteiger partial charge in [0, 0.05) is 29.0 Å². The Labute approximate surface area is 154 Å². The van der Waals surface area contributed by atoms with Gasteiger partial charge in [0.05, 0.1) is 11.6 Å². The summed E-state index contributed by atoms with van der Waals surface area (Å²) in [6.07, 6.45) is 0. The first-order valence-corrected chi connectivity index (χ1v) is 8.36. The fourth-order valence-electron chi connectivity index (χ4n) is 2.56. The lowest BCUT2D eigenvalue weighted by atomic mass is 10.2. The average Bonchev–Trinajstić information content (AvgIpc) is 2.64. The topological polar surface area (TPSA) is 78.9 Å². The Morgan fingerprint density at radius 3 is 2.42 bits per heavy atom. The Bertz CT molecular complexity index is 1250. The Hall–Kier alpha value is -3.06. The highest BCUT2D eigenvalue weighted by molar-refractivity contribution is 9.10. The van der Waals surface area contributed by atoms with E-state index >= 15 is 0 Å². The summed E-state index contributed by atoms with van der Waals surface area (Å²) < 4.78 is 21.8. The fraction of sp³-hybridized carbons (Fsp3) is 0.0526. The fourth-order valence-corrected chi connectivity index (χ4v) is 3.13. The van der Waals surface area contributed by atoms with E-state index in [0.29, 0.717) is 32.5 Å². The molecular formula is C19H11BrO6. The minimum atomic E-state index is -0.646. The highest BCUT2D eigenvalue weighted by Crippen LogP contribution is 2.35. The molecule has 0 aliphatic rings. The number of benzene rings is 2. The van der Waals surface area contributed by atoms with Gasteiger partial charge in [0.2, 0.25) is 5.75 Å². The van der Waals surface area contributed by atoms with Crippen molar-refractivity contribution in [2.75, 3.05) is 7.11 Å². The van der Waals surface area contributed by atoms with E-state index in [1.807, 2.05) is 0 Å². The summed E-state index contributed by atoms with van der Waals surface area (Å²) in [5, 5.41) is 1.40. The third-order valence-corrected chi connectivity index (χ3v) is 4.61. The number of halogens is 1. The molecule has 0 bridgehead atoms.